The van der Waals surface area contributed by atoms with Crippen LogP contribution in [0.1, 0.15) is 37.4 Å². The Labute approximate surface area is 110 Å². The highest BCUT2D eigenvalue weighted by Crippen LogP contribution is 2.35. The van der Waals surface area contributed by atoms with Gasteiger partial charge in [-0.25, -0.2) is 0 Å². The molecule has 0 fully saturated rings. The first kappa shape index (κ1) is 12.7. The Morgan fingerprint density at radius 2 is 1.78 bits per heavy atom. The number of nitrogens with zero attached hydrogens (tertiary/aromatic N) is 1. The van der Waals surface area contributed by atoms with Gasteiger partial charge in [-0.05, 0) is 37.8 Å². The van der Waals surface area contributed by atoms with Gasteiger partial charge in [0.1, 0.15) is 0 Å². The summed E-state index contributed by atoms with van der Waals surface area (Å²) in [6.45, 7) is 5.41. The summed E-state index contributed by atoms with van der Waals surface area (Å²) in [5, 5.41) is 0. The van der Waals surface area contributed by atoms with E-state index in [4.69, 9.17) is 0 Å². The Balaban J connectivity index is 2.19. The molecule has 0 radical (unpaired) electrons. The van der Waals surface area contributed by atoms with Gasteiger partial charge < -0.3 is 0 Å². The van der Waals surface area contributed by atoms with Crippen LogP contribution in [0.25, 0.3) is 0 Å². The van der Waals surface area contributed by atoms with E-state index in [2.05, 4.69) is 52.8 Å². The van der Waals surface area contributed by atoms with E-state index in [0.29, 0.717) is 6.04 Å². The molecule has 2 rings (SSSR count). The molecule has 0 amide bonds. The summed E-state index contributed by atoms with van der Waals surface area (Å²) in [6, 6.07) is 9.24. The van der Waals surface area contributed by atoms with Gasteiger partial charge in [0, 0.05) is 6.04 Å². The molecule has 0 heterocycles. The molecule has 1 nitrogen and oxygen atoms in total. The minimum Gasteiger partial charge on any atom is -0.274 e. The van der Waals surface area contributed by atoms with E-state index in [1.807, 2.05) is 13.8 Å². The van der Waals surface area contributed by atoms with Gasteiger partial charge in [-0.15, -0.1) is 11.8 Å². The molecule has 0 saturated heterocycles. The second-order valence-electron chi connectivity index (χ2n) is 4.51. The Hall–Kier alpha value is -1.70. The number of benzene rings is 1. The van der Waals surface area contributed by atoms with Crippen LogP contribution in [-0.4, -0.2) is 18.0 Å². The molecule has 1 aliphatic carbocycles. The topological polar surface area (TPSA) is 3.24 Å². The minimum absolute atomic E-state index is 0.489. The summed E-state index contributed by atoms with van der Waals surface area (Å²) in [6.07, 6.45) is 2.37. The van der Waals surface area contributed by atoms with Crippen molar-refractivity contribution >= 4 is 0 Å². The predicted molar refractivity (Wildman–Crippen MR) is 76.0 cm³/mol. The molecule has 1 aromatic carbocycles. The molecule has 1 atom stereocenters. The minimum atomic E-state index is 0.489. The second-order valence-corrected chi connectivity index (χ2v) is 4.51. The quantitative estimate of drug-likeness (QED) is 0.730. The van der Waals surface area contributed by atoms with E-state index in [0.717, 1.165) is 13.1 Å². The number of hydrogen-bond donors (Lipinski definition) is 0. The average Bonchev–Trinajstić information content (AvgIpc) is 2.83. The largest absolute Gasteiger partial charge is 0.274 e. The van der Waals surface area contributed by atoms with Crippen LogP contribution < -0.4 is 0 Å². The first-order chi connectivity index (χ1) is 8.86. The number of rotatable bonds is 3. The van der Waals surface area contributed by atoms with Crippen LogP contribution in [0.5, 0.6) is 0 Å². The molecule has 1 aromatic rings. The van der Waals surface area contributed by atoms with Crippen molar-refractivity contribution in [1.29, 1.82) is 0 Å². The molecule has 1 heteroatoms. The highest BCUT2D eigenvalue weighted by Gasteiger charge is 2.26. The van der Waals surface area contributed by atoms with Crippen LogP contribution in [0, 0.1) is 23.7 Å². The van der Waals surface area contributed by atoms with Gasteiger partial charge in [-0.3, -0.25) is 4.90 Å². The highest BCUT2D eigenvalue weighted by atomic mass is 15.1. The Bertz CT molecular complexity index is 500. The van der Waals surface area contributed by atoms with Gasteiger partial charge >= 0.3 is 0 Å². The zero-order chi connectivity index (χ0) is 12.8. The maximum atomic E-state index is 3.17. The molecular formula is C17H19N. The van der Waals surface area contributed by atoms with E-state index in [9.17, 15) is 0 Å². The molecule has 0 N–H and O–H groups in total. The normalized spacial score (nSPS) is 16.5. The van der Waals surface area contributed by atoms with Gasteiger partial charge in [0.2, 0.25) is 0 Å². The zero-order valence-electron chi connectivity index (χ0n) is 11.2. The van der Waals surface area contributed by atoms with E-state index in [1.54, 1.807) is 0 Å². The monoisotopic (exact) mass is 237 g/mol. The van der Waals surface area contributed by atoms with Crippen LogP contribution in [0.2, 0.25) is 0 Å². The average molecular weight is 237 g/mol. The van der Waals surface area contributed by atoms with Crippen LogP contribution >= 0.6 is 0 Å². The van der Waals surface area contributed by atoms with Crippen molar-refractivity contribution in [2.75, 3.05) is 13.1 Å². The molecular weight excluding hydrogens is 218 g/mol. The fourth-order valence-electron chi connectivity index (χ4n) is 2.55. The summed E-state index contributed by atoms with van der Waals surface area (Å²) in [5.74, 6) is 12.3. The third-order valence-corrected chi connectivity index (χ3v) is 3.46. The first-order valence-electron chi connectivity index (χ1n) is 6.48. The fourth-order valence-corrected chi connectivity index (χ4v) is 2.55. The van der Waals surface area contributed by atoms with Gasteiger partial charge in [0.25, 0.3) is 0 Å². The van der Waals surface area contributed by atoms with Crippen LogP contribution in [0.3, 0.4) is 0 Å². The molecule has 18 heavy (non-hydrogen) atoms. The Kier molecular flexibility index (Phi) is 4.46. The Morgan fingerprint density at radius 3 is 2.44 bits per heavy atom. The van der Waals surface area contributed by atoms with E-state index in [1.165, 1.54) is 24.0 Å². The van der Waals surface area contributed by atoms with Gasteiger partial charge in [-0.1, -0.05) is 36.1 Å². The predicted octanol–water partition coefficient (Wildman–Crippen LogP) is 3.02. The van der Waals surface area contributed by atoms with Crippen molar-refractivity contribution < 1.29 is 0 Å². The summed E-state index contributed by atoms with van der Waals surface area (Å²) < 4.78 is 0. The molecule has 1 unspecified atom stereocenters. The molecule has 1 aliphatic rings. The SMILES string of the molecule is CC#CCN(CC#CC)C1CCc2ccccc21. The molecule has 92 valence electrons. The lowest BCUT2D eigenvalue weighted by atomic mass is 10.1. The fraction of sp³-hybridized carbons (Fsp3) is 0.412. The number of hydrogen-bond acceptors (Lipinski definition) is 1. The lowest BCUT2D eigenvalue weighted by Crippen LogP contribution is -2.28. The van der Waals surface area contributed by atoms with Gasteiger partial charge in [0.15, 0.2) is 0 Å². The summed E-state index contributed by atoms with van der Waals surface area (Å²) in [7, 11) is 0. The lowest BCUT2D eigenvalue weighted by molar-refractivity contribution is 0.250. The Morgan fingerprint density at radius 1 is 1.11 bits per heavy atom. The maximum Gasteiger partial charge on any atom is 0.0615 e. The summed E-state index contributed by atoms with van der Waals surface area (Å²) >= 11 is 0. The van der Waals surface area contributed by atoms with Crippen molar-refractivity contribution in [2.45, 2.75) is 32.7 Å². The third kappa shape index (κ3) is 2.76. The first-order valence-corrected chi connectivity index (χ1v) is 6.48. The maximum absolute atomic E-state index is 3.17. The number of aryl methyl sites for hydroxylation is 1. The lowest BCUT2D eigenvalue weighted by Gasteiger charge is -2.25. The van der Waals surface area contributed by atoms with Crippen LogP contribution in [0.4, 0.5) is 0 Å². The van der Waals surface area contributed by atoms with Crippen molar-refractivity contribution in [3.8, 4) is 23.7 Å². The summed E-state index contributed by atoms with van der Waals surface area (Å²) in [4.78, 5) is 2.39. The molecule has 0 spiro atoms. The number of fused-ring (bicyclic) bond motifs is 1. The third-order valence-electron chi connectivity index (χ3n) is 3.46. The van der Waals surface area contributed by atoms with Crippen LogP contribution in [-0.2, 0) is 6.42 Å². The van der Waals surface area contributed by atoms with Gasteiger partial charge in [-0.2, -0.15) is 0 Å². The van der Waals surface area contributed by atoms with E-state index < -0.39 is 0 Å². The second kappa shape index (κ2) is 6.29. The van der Waals surface area contributed by atoms with E-state index >= 15 is 0 Å². The van der Waals surface area contributed by atoms with Crippen molar-refractivity contribution in [3.05, 3.63) is 35.4 Å². The van der Waals surface area contributed by atoms with E-state index in [-0.39, 0.29) is 0 Å². The smallest absolute Gasteiger partial charge is 0.0615 e. The standard InChI is InChI=1S/C17H19N/c1-3-5-13-18(14-6-4-2)17-12-11-15-9-7-8-10-16(15)17/h7-10,17H,11-14H2,1-2H3. The molecule has 0 aromatic heterocycles. The highest BCUT2D eigenvalue weighted by molar-refractivity contribution is 5.34. The van der Waals surface area contributed by atoms with Crippen molar-refractivity contribution in [2.24, 2.45) is 0 Å². The molecule has 0 saturated carbocycles. The summed E-state index contributed by atoms with van der Waals surface area (Å²) in [5.41, 5.74) is 2.95. The zero-order valence-corrected chi connectivity index (χ0v) is 11.2. The van der Waals surface area contributed by atoms with Crippen molar-refractivity contribution in [1.82, 2.24) is 4.90 Å². The van der Waals surface area contributed by atoms with Gasteiger partial charge in [0.05, 0.1) is 13.1 Å². The van der Waals surface area contributed by atoms with Crippen molar-refractivity contribution in [3.63, 3.8) is 0 Å². The molecule has 0 aliphatic heterocycles. The molecule has 0 bridgehead atoms. The van der Waals surface area contributed by atoms with Crippen LogP contribution in [0.15, 0.2) is 24.3 Å².